The molecule has 0 atom stereocenters. The maximum Gasteiger partial charge on any atom is 0.303 e. The van der Waals surface area contributed by atoms with Gasteiger partial charge in [-0.1, -0.05) is 23.2 Å². The maximum absolute atomic E-state index is 10.2. The summed E-state index contributed by atoms with van der Waals surface area (Å²) >= 11 is 11.6. The SMILES string of the molecule is Cc1cc(Cl)ccc1OCCCC(=O)O.Cc1cc(Cl)ccc1OCCCC(=O)O. The Kier molecular flexibility index (Phi) is 11.7. The summed E-state index contributed by atoms with van der Waals surface area (Å²) in [6, 6.07) is 10.7. The van der Waals surface area contributed by atoms with Gasteiger partial charge >= 0.3 is 11.9 Å². The molecular formula is C22H26Cl2O6. The summed E-state index contributed by atoms with van der Waals surface area (Å²) in [5.74, 6) is -0.0903. The summed E-state index contributed by atoms with van der Waals surface area (Å²) in [6.45, 7) is 4.63. The van der Waals surface area contributed by atoms with E-state index < -0.39 is 11.9 Å². The Bertz CT molecular complexity index is 769. The fraction of sp³-hybridized carbons (Fsp3) is 0.364. The standard InChI is InChI=1S/2C11H13ClO3/c2*1-8-7-9(12)4-5-10(8)15-6-2-3-11(13)14/h2*4-5,7H,2-3,6H2,1H3,(H,13,14). The topological polar surface area (TPSA) is 93.1 Å². The highest BCUT2D eigenvalue weighted by Crippen LogP contribution is 2.22. The molecule has 2 rings (SSSR count). The number of hydrogen-bond acceptors (Lipinski definition) is 4. The number of ether oxygens (including phenoxy) is 2. The average Bonchev–Trinajstić information content (AvgIpc) is 2.65. The largest absolute Gasteiger partial charge is 0.493 e. The zero-order chi connectivity index (χ0) is 22.5. The van der Waals surface area contributed by atoms with E-state index in [1.54, 1.807) is 24.3 Å². The molecule has 0 aliphatic carbocycles. The predicted octanol–water partition coefficient (Wildman–Crippen LogP) is 5.78. The first kappa shape index (κ1) is 25.6. The summed E-state index contributed by atoms with van der Waals surface area (Å²) in [5, 5.41) is 18.2. The van der Waals surface area contributed by atoms with Gasteiger partial charge in [-0.2, -0.15) is 0 Å². The molecule has 0 radical (unpaired) electrons. The molecule has 2 N–H and O–H groups in total. The lowest BCUT2D eigenvalue weighted by atomic mass is 10.2. The van der Waals surface area contributed by atoms with Crippen LogP contribution in [0.3, 0.4) is 0 Å². The molecule has 2 aromatic carbocycles. The lowest BCUT2D eigenvalue weighted by Gasteiger charge is -2.08. The Hall–Kier alpha value is -2.44. The van der Waals surface area contributed by atoms with Crippen LogP contribution >= 0.6 is 23.2 Å². The van der Waals surface area contributed by atoms with E-state index in [4.69, 9.17) is 42.9 Å². The Morgan fingerprint density at radius 3 is 1.43 bits per heavy atom. The summed E-state index contributed by atoms with van der Waals surface area (Å²) < 4.78 is 10.8. The molecule has 0 fully saturated rings. The third kappa shape index (κ3) is 10.9. The predicted molar refractivity (Wildman–Crippen MR) is 117 cm³/mol. The highest BCUT2D eigenvalue weighted by molar-refractivity contribution is 6.31. The number of aliphatic carboxylic acids is 2. The van der Waals surface area contributed by atoms with E-state index in [2.05, 4.69) is 0 Å². The molecule has 30 heavy (non-hydrogen) atoms. The van der Waals surface area contributed by atoms with Gasteiger partial charge in [0.15, 0.2) is 0 Å². The lowest BCUT2D eigenvalue weighted by molar-refractivity contribution is -0.138. The number of hydrogen-bond donors (Lipinski definition) is 2. The Labute approximate surface area is 186 Å². The van der Waals surface area contributed by atoms with Gasteiger partial charge in [-0.3, -0.25) is 9.59 Å². The van der Waals surface area contributed by atoms with Crippen molar-refractivity contribution in [3.8, 4) is 11.5 Å². The number of carboxylic acid groups (broad SMARTS) is 2. The third-order valence-electron chi connectivity index (χ3n) is 3.86. The number of carbonyl (C=O) groups is 2. The van der Waals surface area contributed by atoms with Crippen LogP contribution in [0.2, 0.25) is 10.0 Å². The molecule has 0 saturated heterocycles. The van der Waals surface area contributed by atoms with Crippen LogP contribution in [-0.2, 0) is 9.59 Å². The minimum Gasteiger partial charge on any atom is -0.493 e. The first-order chi connectivity index (χ1) is 14.2. The summed E-state index contributed by atoms with van der Waals surface area (Å²) in [6.07, 6.45) is 1.29. The van der Waals surface area contributed by atoms with Crippen LogP contribution in [-0.4, -0.2) is 35.4 Å². The van der Waals surface area contributed by atoms with Gasteiger partial charge < -0.3 is 19.7 Å². The fourth-order valence-electron chi connectivity index (χ4n) is 2.36. The quantitative estimate of drug-likeness (QED) is 0.439. The van der Waals surface area contributed by atoms with Crippen molar-refractivity contribution in [1.82, 2.24) is 0 Å². The van der Waals surface area contributed by atoms with Crippen molar-refractivity contribution in [2.45, 2.75) is 39.5 Å². The van der Waals surface area contributed by atoms with E-state index in [1.165, 1.54) is 0 Å². The second-order valence-electron chi connectivity index (χ2n) is 6.51. The maximum atomic E-state index is 10.2. The number of carboxylic acids is 2. The molecule has 0 aromatic heterocycles. The van der Waals surface area contributed by atoms with Crippen LogP contribution in [0.5, 0.6) is 11.5 Å². The molecular weight excluding hydrogens is 431 g/mol. The van der Waals surface area contributed by atoms with Crippen LogP contribution in [0.1, 0.15) is 36.8 Å². The van der Waals surface area contributed by atoms with Gasteiger partial charge in [-0.25, -0.2) is 0 Å². The van der Waals surface area contributed by atoms with E-state index >= 15 is 0 Å². The van der Waals surface area contributed by atoms with Gasteiger partial charge in [0.2, 0.25) is 0 Å². The normalized spacial score (nSPS) is 10.0. The van der Waals surface area contributed by atoms with E-state index in [1.807, 2.05) is 26.0 Å². The van der Waals surface area contributed by atoms with Crippen molar-refractivity contribution in [2.24, 2.45) is 0 Å². The molecule has 0 spiro atoms. The highest BCUT2D eigenvalue weighted by Gasteiger charge is 2.02. The van der Waals surface area contributed by atoms with Crippen LogP contribution < -0.4 is 9.47 Å². The Morgan fingerprint density at radius 1 is 0.767 bits per heavy atom. The van der Waals surface area contributed by atoms with Crippen molar-refractivity contribution in [1.29, 1.82) is 0 Å². The van der Waals surface area contributed by atoms with Crippen molar-refractivity contribution < 1.29 is 29.3 Å². The highest BCUT2D eigenvalue weighted by atomic mass is 35.5. The van der Waals surface area contributed by atoms with Crippen molar-refractivity contribution in [2.75, 3.05) is 13.2 Å². The van der Waals surface area contributed by atoms with E-state index in [9.17, 15) is 9.59 Å². The summed E-state index contributed by atoms with van der Waals surface area (Å²) in [7, 11) is 0. The Morgan fingerprint density at radius 2 is 1.13 bits per heavy atom. The molecule has 0 heterocycles. The van der Waals surface area contributed by atoms with Crippen LogP contribution in [0, 0.1) is 13.8 Å². The second kappa shape index (κ2) is 13.7. The first-order valence-corrected chi connectivity index (χ1v) is 10.2. The zero-order valence-corrected chi connectivity index (χ0v) is 18.5. The number of benzene rings is 2. The molecule has 8 heteroatoms. The number of halogens is 2. The molecule has 0 unspecified atom stereocenters. The monoisotopic (exact) mass is 456 g/mol. The van der Waals surface area contributed by atoms with Gasteiger partial charge in [-0.05, 0) is 74.2 Å². The van der Waals surface area contributed by atoms with Gasteiger partial charge in [0, 0.05) is 22.9 Å². The van der Waals surface area contributed by atoms with E-state index in [0.717, 1.165) is 22.6 Å². The zero-order valence-electron chi connectivity index (χ0n) is 17.0. The molecule has 2 aromatic rings. The average molecular weight is 457 g/mol. The molecule has 0 saturated carbocycles. The second-order valence-corrected chi connectivity index (χ2v) is 7.38. The van der Waals surface area contributed by atoms with Gasteiger partial charge in [0.25, 0.3) is 0 Å². The molecule has 164 valence electrons. The van der Waals surface area contributed by atoms with Gasteiger partial charge in [-0.15, -0.1) is 0 Å². The fourth-order valence-corrected chi connectivity index (χ4v) is 2.81. The van der Waals surface area contributed by atoms with Crippen LogP contribution in [0.15, 0.2) is 36.4 Å². The van der Waals surface area contributed by atoms with Crippen molar-refractivity contribution >= 4 is 35.1 Å². The van der Waals surface area contributed by atoms with Gasteiger partial charge in [0.05, 0.1) is 13.2 Å². The van der Waals surface area contributed by atoms with Crippen molar-refractivity contribution in [3.05, 3.63) is 57.6 Å². The van der Waals surface area contributed by atoms with Crippen molar-refractivity contribution in [3.63, 3.8) is 0 Å². The minimum absolute atomic E-state index is 0.132. The first-order valence-electron chi connectivity index (χ1n) is 9.40. The number of aryl methyl sites for hydroxylation is 2. The molecule has 0 bridgehead atoms. The van der Waals surface area contributed by atoms with E-state index in [-0.39, 0.29) is 12.8 Å². The molecule has 0 amide bonds. The molecule has 0 aliphatic rings. The van der Waals surface area contributed by atoms with Crippen LogP contribution in [0.4, 0.5) is 0 Å². The summed E-state index contributed by atoms with van der Waals surface area (Å²) in [4.78, 5) is 20.5. The smallest absolute Gasteiger partial charge is 0.303 e. The molecule has 0 aliphatic heterocycles. The molecule has 6 nitrogen and oxygen atoms in total. The Balaban J connectivity index is 0.000000300. The lowest BCUT2D eigenvalue weighted by Crippen LogP contribution is -2.02. The van der Waals surface area contributed by atoms with Gasteiger partial charge in [0.1, 0.15) is 11.5 Å². The van der Waals surface area contributed by atoms with Crippen LogP contribution in [0.25, 0.3) is 0 Å². The minimum atomic E-state index is -0.800. The third-order valence-corrected chi connectivity index (χ3v) is 4.33. The summed E-state index contributed by atoms with van der Waals surface area (Å²) in [5.41, 5.74) is 1.91. The number of rotatable bonds is 10. The van der Waals surface area contributed by atoms with E-state index in [0.29, 0.717) is 36.1 Å².